The van der Waals surface area contributed by atoms with E-state index < -0.39 is 0 Å². The van der Waals surface area contributed by atoms with Crippen LogP contribution in [0.5, 0.6) is 0 Å². The molecule has 112 valence electrons. The molecule has 5 rings (SSSR count). The van der Waals surface area contributed by atoms with Crippen molar-refractivity contribution in [3.05, 3.63) is 56.5 Å². The Morgan fingerprint density at radius 1 is 1.00 bits per heavy atom. The van der Waals surface area contributed by atoms with Crippen LogP contribution in [0.15, 0.2) is 45.3 Å². The van der Waals surface area contributed by atoms with Crippen molar-refractivity contribution in [1.82, 2.24) is 0 Å². The molecule has 0 radical (unpaired) electrons. The van der Waals surface area contributed by atoms with Gasteiger partial charge in [-0.2, -0.15) is 0 Å². The monoisotopic (exact) mass is 416 g/mol. The average Bonchev–Trinajstić information content (AvgIpc) is 2.90. The molecular weight excluding hydrogens is 400 g/mol. The normalized spacial score (nSPS) is 33.1. The summed E-state index contributed by atoms with van der Waals surface area (Å²) >= 11 is 7.42. The smallest absolute Gasteiger partial charge is 0.0178 e. The van der Waals surface area contributed by atoms with E-state index in [2.05, 4.69) is 75.2 Å². The van der Waals surface area contributed by atoms with Gasteiger partial charge < -0.3 is 0 Å². The van der Waals surface area contributed by atoms with Gasteiger partial charge in [0.2, 0.25) is 0 Å². The van der Waals surface area contributed by atoms with E-state index in [0.717, 1.165) is 5.92 Å². The molecule has 2 aromatic carbocycles. The highest BCUT2D eigenvalue weighted by atomic mass is 79.9. The summed E-state index contributed by atoms with van der Waals surface area (Å²) in [6.45, 7) is 2.34. The van der Waals surface area contributed by atoms with Crippen LogP contribution in [0.25, 0.3) is 11.1 Å². The van der Waals surface area contributed by atoms with Crippen molar-refractivity contribution in [2.75, 3.05) is 0 Å². The van der Waals surface area contributed by atoms with Crippen LogP contribution in [0.3, 0.4) is 0 Å². The fraction of sp³-hybridized carbons (Fsp3) is 0.400. The molecule has 0 amide bonds. The van der Waals surface area contributed by atoms with Crippen molar-refractivity contribution in [2.45, 2.75) is 43.4 Å². The maximum absolute atomic E-state index is 3.71. The lowest BCUT2D eigenvalue weighted by Crippen LogP contribution is -2.28. The molecule has 3 aliphatic rings. The van der Waals surface area contributed by atoms with Crippen LogP contribution < -0.4 is 0 Å². The largest absolute Gasteiger partial charge is 0.0653 e. The minimum atomic E-state index is 0.411. The zero-order valence-corrected chi connectivity index (χ0v) is 15.8. The summed E-state index contributed by atoms with van der Waals surface area (Å²) in [4.78, 5) is 0. The molecule has 2 heteroatoms. The molecule has 2 fully saturated rings. The Morgan fingerprint density at radius 3 is 2.23 bits per heavy atom. The summed E-state index contributed by atoms with van der Waals surface area (Å²) < 4.78 is 2.45. The Morgan fingerprint density at radius 2 is 1.64 bits per heavy atom. The summed E-state index contributed by atoms with van der Waals surface area (Å²) in [7, 11) is 0. The third-order valence-corrected chi connectivity index (χ3v) is 7.58. The summed E-state index contributed by atoms with van der Waals surface area (Å²) in [6, 6.07) is 13.9. The molecular formula is C20H18Br2. The molecule has 3 aliphatic carbocycles. The van der Waals surface area contributed by atoms with Crippen LogP contribution in [-0.4, -0.2) is 0 Å². The van der Waals surface area contributed by atoms with E-state index in [-0.39, 0.29) is 0 Å². The van der Waals surface area contributed by atoms with E-state index in [1.54, 1.807) is 11.1 Å². The van der Waals surface area contributed by atoms with Crippen LogP contribution in [0, 0.1) is 5.92 Å². The van der Waals surface area contributed by atoms with Gasteiger partial charge in [0, 0.05) is 19.8 Å². The minimum Gasteiger partial charge on any atom is -0.0653 e. The molecule has 0 N–H and O–H groups in total. The van der Waals surface area contributed by atoms with Crippen LogP contribution in [0.4, 0.5) is 0 Å². The van der Waals surface area contributed by atoms with Gasteiger partial charge >= 0.3 is 0 Å². The average molecular weight is 418 g/mol. The van der Waals surface area contributed by atoms with E-state index in [9.17, 15) is 0 Å². The number of hydrogen-bond donors (Lipinski definition) is 0. The van der Waals surface area contributed by atoms with Gasteiger partial charge in [0.25, 0.3) is 0 Å². The predicted octanol–water partition coefficient (Wildman–Crippen LogP) is 6.59. The second kappa shape index (κ2) is 4.27. The molecule has 3 atom stereocenters. The van der Waals surface area contributed by atoms with E-state index >= 15 is 0 Å². The van der Waals surface area contributed by atoms with Crippen LogP contribution >= 0.6 is 31.9 Å². The molecule has 0 heterocycles. The van der Waals surface area contributed by atoms with Gasteiger partial charge in [0.1, 0.15) is 0 Å². The molecule has 0 bridgehead atoms. The van der Waals surface area contributed by atoms with E-state index in [1.807, 2.05) is 0 Å². The number of rotatable bonds is 2. The first-order valence-electron chi connectivity index (χ1n) is 8.25. The zero-order valence-electron chi connectivity index (χ0n) is 12.6. The van der Waals surface area contributed by atoms with Crippen LogP contribution in [-0.2, 0) is 10.8 Å². The first-order chi connectivity index (χ1) is 10.6. The Balaban J connectivity index is 1.87. The second-order valence-corrected chi connectivity index (χ2v) is 9.00. The Kier molecular flexibility index (Phi) is 2.68. The summed E-state index contributed by atoms with van der Waals surface area (Å²) in [5, 5.41) is 0. The zero-order chi connectivity index (χ0) is 15.1. The van der Waals surface area contributed by atoms with E-state index in [0.29, 0.717) is 10.8 Å². The van der Waals surface area contributed by atoms with Gasteiger partial charge in [-0.1, -0.05) is 57.3 Å². The first kappa shape index (κ1) is 13.8. The Labute approximate surface area is 148 Å². The molecule has 2 saturated carbocycles. The third kappa shape index (κ3) is 1.33. The highest BCUT2D eigenvalue weighted by Gasteiger charge is 2.82. The van der Waals surface area contributed by atoms with Crippen LogP contribution in [0.2, 0.25) is 0 Å². The van der Waals surface area contributed by atoms with Crippen molar-refractivity contribution in [2.24, 2.45) is 5.92 Å². The lowest BCUT2D eigenvalue weighted by molar-refractivity contribution is 0.395. The van der Waals surface area contributed by atoms with Gasteiger partial charge in [-0.3, -0.25) is 0 Å². The van der Waals surface area contributed by atoms with Crippen molar-refractivity contribution < 1.29 is 0 Å². The lowest BCUT2D eigenvalue weighted by atomic mass is 9.68. The summed E-state index contributed by atoms with van der Waals surface area (Å²) in [6.07, 6.45) is 5.37. The van der Waals surface area contributed by atoms with E-state index in [4.69, 9.17) is 0 Å². The van der Waals surface area contributed by atoms with Crippen molar-refractivity contribution in [3.8, 4) is 11.1 Å². The van der Waals surface area contributed by atoms with E-state index in [1.165, 1.54) is 45.8 Å². The molecule has 0 aromatic heterocycles. The SMILES string of the molecule is CCC[C@]12c3cc(Br)ccc3-c3ccc(Br)cc3[C@@]13CC[C@@H]23. The summed E-state index contributed by atoms with van der Waals surface area (Å²) in [5.74, 6) is 0.864. The van der Waals surface area contributed by atoms with Gasteiger partial charge in [-0.05, 0) is 71.7 Å². The lowest BCUT2D eigenvalue weighted by Gasteiger charge is -2.36. The van der Waals surface area contributed by atoms with Gasteiger partial charge in [0.05, 0.1) is 0 Å². The molecule has 0 unspecified atom stereocenters. The second-order valence-electron chi connectivity index (χ2n) is 7.16. The van der Waals surface area contributed by atoms with Crippen molar-refractivity contribution in [3.63, 3.8) is 0 Å². The Bertz CT molecular complexity index is 809. The number of halogens is 2. The molecule has 1 spiro atoms. The fourth-order valence-electron chi connectivity index (χ4n) is 5.89. The molecule has 0 nitrogen and oxygen atoms in total. The minimum absolute atomic E-state index is 0.411. The quantitative estimate of drug-likeness (QED) is 0.516. The highest BCUT2D eigenvalue weighted by molar-refractivity contribution is 9.10. The molecule has 22 heavy (non-hydrogen) atoms. The van der Waals surface area contributed by atoms with Gasteiger partial charge in [0.15, 0.2) is 0 Å². The predicted molar refractivity (Wildman–Crippen MR) is 98.3 cm³/mol. The third-order valence-electron chi connectivity index (χ3n) is 6.59. The standard InChI is InChI=1S/C20H18Br2/c1-2-8-19-16-10-12(21)3-5-14(16)15-6-4-13(22)11-17(15)20(19)9-7-18(19)20/h3-6,10-11,18H,2,7-9H2,1H3/t18-,19+,20+/m0/s1. The number of hydrogen-bond acceptors (Lipinski definition) is 0. The van der Waals surface area contributed by atoms with Gasteiger partial charge in [-0.15, -0.1) is 0 Å². The highest BCUT2D eigenvalue weighted by Crippen LogP contribution is 2.85. The van der Waals surface area contributed by atoms with Crippen LogP contribution in [0.1, 0.15) is 43.7 Å². The maximum Gasteiger partial charge on any atom is 0.0178 e. The molecule has 0 aliphatic heterocycles. The number of fused-ring (bicyclic) bond motifs is 5. The molecule has 0 saturated heterocycles. The molecule has 2 aromatic rings. The summed E-state index contributed by atoms with van der Waals surface area (Å²) in [5.41, 5.74) is 7.02. The number of benzene rings is 2. The van der Waals surface area contributed by atoms with Gasteiger partial charge in [-0.25, -0.2) is 0 Å². The maximum atomic E-state index is 3.71. The Hall–Kier alpha value is -0.600. The first-order valence-corrected chi connectivity index (χ1v) is 9.84. The van der Waals surface area contributed by atoms with Crippen molar-refractivity contribution >= 4 is 31.9 Å². The fourth-order valence-corrected chi connectivity index (χ4v) is 6.62. The topological polar surface area (TPSA) is 0 Å². The van der Waals surface area contributed by atoms with Crippen molar-refractivity contribution in [1.29, 1.82) is 0 Å².